The number of rotatable bonds is 7. The third-order valence-electron chi connectivity index (χ3n) is 5.31. The van der Waals surface area contributed by atoms with Crippen molar-refractivity contribution < 1.29 is 14.6 Å². The number of aromatic hydroxyl groups is 1. The highest BCUT2D eigenvalue weighted by Gasteiger charge is 2.19. The van der Waals surface area contributed by atoms with E-state index in [-0.39, 0.29) is 11.9 Å². The molecule has 1 aliphatic rings. The minimum Gasteiger partial charge on any atom is -0.506 e. The van der Waals surface area contributed by atoms with Crippen molar-refractivity contribution in [3.63, 3.8) is 0 Å². The number of hydrogen-bond acceptors (Lipinski definition) is 5. The van der Waals surface area contributed by atoms with Gasteiger partial charge in [-0.15, -0.1) is 0 Å². The quantitative estimate of drug-likeness (QED) is 0.529. The van der Waals surface area contributed by atoms with Gasteiger partial charge in [0.05, 0.1) is 18.9 Å². The summed E-state index contributed by atoms with van der Waals surface area (Å²) in [5.41, 5.74) is 3.60. The molecule has 150 valence electrons. The van der Waals surface area contributed by atoms with E-state index in [9.17, 15) is 5.11 Å². The maximum absolute atomic E-state index is 10.5. The van der Waals surface area contributed by atoms with Gasteiger partial charge in [0.25, 0.3) is 0 Å². The van der Waals surface area contributed by atoms with Crippen LogP contribution in [0.1, 0.15) is 31.2 Å². The molecule has 2 N–H and O–H groups in total. The topological polar surface area (TPSA) is 63.6 Å². The monoisotopic (exact) mass is 390 g/mol. The predicted molar refractivity (Wildman–Crippen MR) is 115 cm³/mol. The van der Waals surface area contributed by atoms with Crippen LogP contribution in [0.25, 0.3) is 11.1 Å². The van der Waals surface area contributed by atoms with Crippen LogP contribution in [0.4, 0.5) is 5.69 Å². The van der Waals surface area contributed by atoms with Crippen LogP contribution in [0, 0.1) is 0 Å². The smallest absolute Gasteiger partial charge is 0.162 e. The maximum atomic E-state index is 10.5. The number of benzene rings is 2. The molecule has 0 bridgehead atoms. The number of hydrogen-bond donors (Lipinski definition) is 2. The van der Waals surface area contributed by atoms with Crippen LogP contribution in [-0.4, -0.2) is 23.3 Å². The first-order chi connectivity index (χ1) is 14.2. The molecule has 1 fully saturated rings. The van der Waals surface area contributed by atoms with E-state index < -0.39 is 0 Å². The second-order valence-electron chi connectivity index (χ2n) is 7.30. The summed E-state index contributed by atoms with van der Waals surface area (Å²) < 4.78 is 11.8. The Labute approximate surface area is 171 Å². The summed E-state index contributed by atoms with van der Waals surface area (Å²) >= 11 is 0. The molecule has 29 heavy (non-hydrogen) atoms. The Morgan fingerprint density at radius 3 is 2.69 bits per heavy atom. The van der Waals surface area contributed by atoms with Crippen LogP contribution in [0.5, 0.6) is 17.2 Å². The van der Waals surface area contributed by atoms with Crippen molar-refractivity contribution in [2.45, 2.75) is 38.3 Å². The van der Waals surface area contributed by atoms with Crippen molar-refractivity contribution in [3.05, 3.63) is 66.5 Å². The predicted octanol–water partition coefficient (Wildman–Crippen LogP) is 5.40. The van der Waals surface area contributed by atoms with Gasteiger partial charge >= 0.3 is 0 Å². The first kappa shape index (κ1) is 19.1. The summed E-state index contributed by atoms with van der Waals surface area (Å²) in [6, 6.07) is 15.3. The van der Waals surface area contributed by atoms with Crippen molar-refractivity contribution in [1.29, 1.82) is 0 Å². The number of phenolic OH excluding ortho intramolecular Hbond substituents is 1. The minimum absolute atomic E-state index is 0.209. The van der Waals surface area contributed by atoms with Crippen LogP contribution in [0.2, 0.25) is 0 Å². The summed E-state index contributed by atoms with van der Waals surface area (Å²) in [6.45, 7) is 0.569. The number of ether oxygens (including phenoxy) is 2. The lowest BCUT2D eigenvalue weighted by molar-refractivity contribution is 0.201. The Morgan fingerprint density at radius 1 is 1.07 bits per heavy atom. The third kappa shape index (κ3) is 4.45. The zero-order chi connectivity index (χ0) is 20.1. The number of pyridine rings is 1. The summed E-state index contributed by atoms with van der Waals surface area (Å²) in [4.78, 5) is 4.15. The molecule has 4 rings (SSSR count). The van der Waals surface area contributed by atoms with Crippen LogP contribution in [0.3, 0.4) is 0 Å². The van der Waals surface area contributed by atoms with E-state index in [4.69, 9.17) is 9.47 Å². The van der Waals surface area contributed by atoms with Crippen molar-refractivity contribution >= 4 is 5.69 Å². The number of para-hydroxylation sites is 1. The average molecular weight is 390 g/mol. The van der Waals surface area contributed by atoms with Gasteiger partial charge in [0.1, 0.15) is 5.75 Å². The maximum Gasteiger partial charge on any atom is 0.162 e. The van der Waals surface area contributed by atoms with Gasteiger partial charge in [0.15, 0.2) is 11.5 Å². The van der Waals surface area contributed by atoms with E-state index in [2.05, 4.69) is 10.3 Å². The molecule has 0 radical (unpaired) electrons. The second kappa shape index (κ2) is 8.86. The van der Waals surface area contributed by atoms with E-state index in [0.717, 1.165) is 41.0 Å². The molecular formula is C24H26N2O3. The molecule has 1 heterocycles. The Morgan fingerprint density at radius 2 is 1.93 bits per heavy atom. The highest BCUT2D eigenvalue weighted by atomic mass is 16.5. The zero-order valence-electron chi connectivity index (χ0n) is 16.6. The standard InChI is InChI=1S/C24H26N2O3/c1-28-22-12-11-18(14-23(22)29-19-7-2-3-8-19)20-9-4-10-21(27)24(20)26-16-17-6-5-13-25-15-17/h4-6,9-15,19,26-27H,2-3,7-8,16H2,1H3. The van der Waals surface area contributed by atoms with Gasteiger partial charge in [0, 0.05) is 24.5 Å². The number of nitrogens with zero attached hydrogens (tertiary/aromatic N) is 1. The average Bonchev–Trinajstić information content (AvgIpc) is 3.26. The molecule has 3 aromatic rings. The summed E-state index contributed by atoms with van der Waals surface area (Å²) in [7, 11) is 1.66. The number of phenols is 1. The first-order valence-corrected chi connectivity index (χ1v) is 10.0. The van der Waals surface area contributed by atoms with Crippen molar-refractivity contribution in [3.8, 4) is 28.4 Å². The molecule has 5 heteroatoms. The fourth-order valence-electron chi connectivity index (χ4n) is 3.78. The molecule has 5 nitrogen and oxygen atoms in total. The van der Waals surface area contributed by atoms with E-state index in [0.29, 0.717) is 12.2 Å². The molecule has 0 atom stereocenters. The van der Waals surface area contributed by atoms with E-state index in [1.165, 1.54) is 12.8 Å². The third-order valence-corrected chi connectivity index (χ3v) is 5.31. The molecular weight excluding hydrogens is 364 g/mol. The van der Waals surface area contributed by atoms with E-state index in [1.54, 1.807) is 19.4 Å². The Kier molecular flexibility index (Phi) is 5.84. The number of aromatic nitrogens is 1. The lowest BCUT2D eigenvalue weighted by Crippen LogP contribution is -2.11. The highest BCUT2D eigenvalue weighted by molar-refractivity contribution is 5.83. The Hall–Kier alpha value is -3.21. The van der Waals surface area contributed by atoms with E-state index >= 15 is 0 Å². The zero-order valence-corrected chi connectivity index (χ0v) is 16.6. The summed E-state index contributed by atoms with van der Waals surface area (Å²) in [5.74, 6) is 1.68. The molecule has 2 aromatic carbocycles. The number of nitrogens with one attached hydrogen (secondary N) is 1. The van der Waals surface area contributed by atoms with Gasteiger partial charge in [-0.05, 0) is 61.1 Å². The van der Waals surface area contributed by atoms with Gasteiger partial charge in [-0.3, -0.25) is 4.98 Å². The van der Waals surface area contributed by atoms with Crippen molar-refractivity contribution in [2.75, 3.05) is 12.4 Å². The molecule has 1 aromatic heterocycles. The van der Waals surface area contributed by atoms with Gasteiger partial charge in [0.2, 0.25) is 0 Å². The number of anilines is 1. The van der Waals surface area contributed by atoms with Gasteiger partial charge in [-0.1, -0.05) is 24.3 Å². The molecule has 1 saturated carbocycles. The molecule has 0 aliphatic heterocycles. The SMILES string of the molecule is COc1ccc(-c2cccc(O)c2NCc2cccnc2)cc1OC1CCCC1. The Bertz CT molecular complexity index is 954. The van der Waals surface area contributed by atoms with Crippen LogP contribution >= 0.6 is 0 Å². The highest BCUT2D eigenvalue weighted by Crippen LogP contribution is 2.40. The lowest BCUT2D eigenvalue weighted by Gasteiger charge is -2.18. The van der Waals surface area contributed by atoms with Crippen LogP contribution in [-0.2, 0) is 6.54 Å². The molecule has 0 spiro atoms. The van der Waals surface area contributed by atoms with Crippen molar-refractivity contribution in [2.24, 2.45) is 0 Å². The fraction of sp³-hybridized carbons (Fsp3) is 0.292. The van der Waals surface area contributed by atoms with Crippen LogP contribution in [0.15, 0.2) is 60.9 Å². The van der Waals surface area contributed by atoms with Crippen molar-refractivity contribution in [1.82, 2.24) is 4.98 Å². The molecule has 0 amide bonds. The molecule has 0 saturated heterocycles. The normalized spacial score (nSPS) is 14.0. The van der Waals surface area contributed by atoms with Gasteiger partial charge in [-0.25, -0.2) is 0 Å². The minimum atomic E-state index is 0.209. The fourth-order valence-corrected chi connectivity index (χ4v) is 3.78. The second-order valence-corrected chi connectivity index (χ2v) is 7.30. The van der Waals surface area contributed by atoms with Crippen LogP contribution < -0.4 is 14.8 Å². The van der Waals surface area contributed by atoms with Gasteiger partial charge in [-0.2, -0.15) is 0 Å². The molecule has 0 unspecified atom stereocenters. The summed E-state index contributed by atoms with van der Waals surface area (Å²) in [5, 5.41) is 13.9. The first-order valence-electron chi connectivity index (χ1n) is 10.0. The summed E-state index contributed by atoms with van der Waals surface area (Å²) in [6.07, 6.45) is 8.38. The van der Waals surface area contributed by atoms with Gasteiger partial charge < -0.3 is 19.9 Å². The van der Waals surface area contributed by atoms with E-state index in [1.807, 2.05) is 48.7 Å². The molecule has 1 aliphatic carbocycles. The lowest BCUT2D eigenvalue weighted by atomic mass is 10.0. The Balaban J connectivity index is 1.64. The number of methoxy groups -OCH3 is 1. The largest absolute Gasteiger partial charge is 0.506 e.